The first-order valence-corrected chi connectivity index (χ1v) is 8.71. The standard InChI is InChI=1S/C18H24N2O5/c21-17(11-20-8-1-2-9-20)19-15-7-10-24-12-16(15)25-14-5-3-13(4-6-14)18(22)23/h3-6,15-16H,1-2,7-12H2,(H,19,21)(H,22,23)/t15-,16-/m1/s1. The molecule has 0 bridgehead atoms. The molecule has 1 aromatic carbocycles. The van der Waals surface area contributed by atoms with Crippen LogP contribution in [0, 0.1) is 0 Å². The molecule has 0 unspecified atom stereocenters. The van der Waals surface area contributed by atoms with E-state index in [0.717, 1.165) is 25.9 Å². The number of hydrogen-bond acceptors (Lipinski definition) is 5. The van der Waals surface area contributed by atoms with Gasteiger partial charge in [0.2, 0.25) is 5.91 Å². The van der Waals surface area contributed by atoms with Crippen molar-refractivity contribution in [3.63, 3.8) is 0 Å². The minimum atomic E-state index is -0.973. The normalized spacial score (nSPS) is 24.0. The Balaban J connectivity index is 1.56. The number of carbonyl (C=O) groups excluding carboxylic acids is 1. The molecule has 2 aliphatic heterocycles. The third-order valence-electron chi connectivity index (χ3n) is 4.61. The highest BCUT2D eigenvalue weighted by Crippen LogP contribution is 2.19. The fourth-order valence-electron chi connectivity index (χ4n) is 3.24. The molecule has 7 nitrogen and oxygen atoms in total. The van der Waals surface area contributed by atoms with E-state index in [1.165, 1.54) is 12.1 Å². The van der Waals surface area contributed by atoms with Gasteiger partial charge in [-0.2, -0.15) is 0 Å². The average molecular weight is 348 g/mol. The second kappa shape index (κ2) is 8.31. The van der Waals surface area contributed by atoms with Gasteiger partial charge in [-0.25, -0.2) is 4.79 Å². The first-order chi connectivity index (χ1) is 12.1. The van der Waals surface area contributed by atoms with E-state index < -0.39 is 5.97 Å². The molecule has 136 valence electrons. The average Bonchev–Trinajstić information content (AvgIpc) is 3.10. The zero-order valence-electron chi connectivity index (χ0n) is 14.1. The summed E-state index contributed by atoms with van der Waals surface area (Å²) in [6.07, 6.45) is 2.72. The molecule has 2 saturated heterocycles. The van der Waals surface area contributed by atoms with Gasteiger partial charge in [0, 0.05) is 6.61 Å². The Morgan fingerprint density at radius 1 is 1.24 bits per heavy atom. The van der Waals surface area contributed by atoms with E-state index in [-0.39, 0.29) is 23.6 Å². The van der Waals surface area contributed by atoms with Crippen molar-refractivity contribution in [1.29, 1.82) is 0 Å². The molecule has 2 atom stereocenters. The Morgan fingerprint density at radius 3 is 2.64 bits per heavy atom. The molecule has 2 N–H and O–H groups in total. The van der Waals surface area contributed by atoms with Crippen LogP contribution in [0.4, 0.5) is 0 Å². The zero-order chi connectivity index (χ0) is 17.6. The van der Waals surface area contributed by atoms with E-state index in [2.05, 4.69) is 10.2 Å². The van der Waals surface area contributed by atoms with E-state index in [0.29, 0.717) is 31.9 Å². The molecule has 0 saturated carbocycles. The molecule has 25 heavy (non-hydrogen) atoms. The number of hydrogen-bond donors (Lipinski definition) is 2. The highest BCUT2D eigenvalue weighted by atomic mass is 16.5. The Bertz CT molecular complexity index is 598. The molecule has 0 aliphatic carbocycles. The van der Waals surface area contributed by atoms with Crippen molar-refractivity contribution in [2.45, 2.75) is 31.4 Å². The SMILES string of the molecule is O=C(CN1CCCC1)N[C@@H]1CCOC[C@H]1Oc1ccc(C(=O)O)cc1. The molecular weight excluding hydrogens is 324 g/mol. The van der Waals surface area contributed by atoms with Crippen molar-refractivity contribution in [2.24, 2.45) is 0 Å². The minimum Gasteiger partial charge on any atom is -0.486 e. The van der Waals surface area contributed by atoms with Crippen LogP contribution in [0.25, 0.3) is 0 Å². The Hall–Kier alpha value is -2.12. The fraction of sp³-hybridized carbons (Fsp3) is 0.556. The zero-order valence-corrected chi connectivity index (χ0v) is 14.1. The van der Waals surface area contributed by atoms with Crippen LogP contribution in [0.1, 0.15) is 29.6 Å². The van der Waals surface area contributed by atoms with Gasteiger partial charge in [0.25, 0.3) is 0 Å². The van der Waals surface area contributed by atoms with Crippen LogP contribution in [0.3, 0.4) is 0 Å². The van der Waals surface area contributed by atoms with Crippen LogP contribution < -0.4 is 10.1 Å². The summed E-state index contributed by atoms with van der Waals surface area (Å²) in [5.41, 5.74) is 0.211. The molecule has 2 heterocycles. The first kappa shape index (κ1) is 17.7. The number of amides is 1. The van der Waals surface area contributed by atoms with Crippen LogP contribution >= 0.6 is 0 Å². The monoisotopic (exact) mass is 348 g/mol. The van der Waals surface area contributed by atoms with Crippen LogP contribution in [0.2, 0.25) is 0 Å². The predicted octanol–water partition coefficient (Wildman–Crippen LogP) is 1.13. The van der Waals surface area contributed by atoms with Crippen molar-refractivity contribution < 1.29 is 24.2 Å². The molecule has 0 aromatic heterocycles. The largest absolute Gasteiger partial charge is 0.486 e. The number of aromatic carboxylic acids is 1. The van der Waals surface area contributed by atoms with Crippen molar-refractivity contribution >= 4 is 11.9 Å². The summed E-state index contributed by atoms with van der Waals surface area (Å²) in [4.78, 5) is 25.3. The maximum atomic E-state index is 12.3. The Morgan fingerprint density at radius 2 is 1.96 bits per heavy atom. The summed E-state index contributed by atoms with van der Waals surface area (Å²) in [5.74, 6) is -0.387. The van der Waals surface area contributed by atoms with Crippen LogP contribution in [0.5, 0.6) is 5.75 Å². The highest BCUT2D eigenvalue weighted by molar-refractivity contribution is 5.87. The quantitative estimate of drug-likeness (QED) is 0.801. The van der Waals surface area contributed by atoms with Gasteiger partial charge in [0.05, 0.1) is 24.8 Å². The van der Waals surface area contributed by atoms with Crippen molar-refractivity contribution in [3.05, 3.63) is 29.8 Å². The molecule has 0 spiro atoms. The lowest BCUT2D eigenvalue weighted by molar-refractivity contribution is -0.124. The number of carboxylic acid groups (broad SMARTS) is 1. The van der Waals surface area contributed by atoms with E-state index in [1.54, 1.807) is 12.1 Å². The van der Waals surface area contributed by atoms with E-state index in [4.69, 9.17) is 14.6 Å². The summed E-state index contributed by atoms with van der Waals surface area (Å²) >= 11 is 0. The van der Waals surface area contributed by atoms with E-state index >= 15 is 0 Å². The summed E-state index contributed by atoms with van der Waals surface area (Å²) < 4.78 is 11.4. The highest BCUT2D eigenvalue weighted by Gasteiger charge is 2.29. The maximum Gasteiger partial charge on any atom is 0.335 e. The number of rotatable bonds is 6. The summed E-state index contributed by atoms with van der Waals surface area (Å²) in [5, 5.41) is 12.0. The molecule has 0 radical (unpaired) electrons. The number of nitrogens with zero attached hydrogens (tertiary/aromatic N) is 1. The minimum absolute atomic E-state index is 0.0172. The number of likely N-dealkylation sites (tertiary alicyclic amines) is 1. The predicted molar refractivity (Wildman–Crippen MR) is 90.9 cm³/mol. The maximum absolute atomic E-state index is 12.3. The topological polar surface area (TPSA) is 88.1 Å². The number of nitrogens with one attached hydrogen (secondary N) is 1. The summed E-state index contributed by atoms with van der Waals surface area (Å²) in [6.45, 7) is 3.38. The molecule has 3 rings (SSSR count). The lowest BCUT2D eigenvalue weighted by atomic mass is 10.1. The Kier molecular flexibility index (Phi) is 5.88. The van der Waals surface area contributed by atoms with Gasteiger partial charge in [-0.15, -0.1) is 0 Å². The smallest absolute Gasteiger partial charge is 0.335 e. The number of benzene rings is 1. The van der Waals surface area contributed by atoms with Crippen molar-refractivity contribution in [2.75, 3.05) is 32.8 Å². The molecule has 2 fully saturated rings. The molecule has 1 aromatic rings. The number of ether oxygens (including phenoxy) is 2. The van der Waals surface area contributed by atoms with Crippen LogP contribution in [-0.4, -0.2) is 66.9 Å². The van der Waals surface area contributed by atoms with E-state index in [9.17, 15) is 9.59 Å². The van der Waals surface area contributed by atoms with Gasteiger partial charge >= 0.3 is 5.97 Å². The van der Waals surface area contributed by atoms with Crippen LogP contribution in [-0.2, 0) is 9.53 Å². The molecule has 2 aliphatic rings. The number of carbonyl (C=O) groups is 2. The van der Waals surface area contributed by atoms with Crippen LogP contribution in [0.15, 0.2) is 24.3 Å². The van der Waals surface area contributed by atoms with Gasteiger partial charge in [-0.1, -0.05) is 0 Å². The number of carboxylic acids is 1. The lowest BCUT2D eigenvalue weighted by Crippen LogP contribution is -2.53. The third-order valence-corrected chi connectivity index (χ3v) is 4.61. The second-order valence-corrected chi connectivity index (χ2v) is 6.51. The Labute approximate surface area is 146 Å². The van der Waals surface area contributed by atoms with E-state index in [1.807, 2.05) is 0 Å². The van der Waals surface area contributed by atoms with Crippen molar-refractivity contribution in [3.8, 4) is 5.75 Å². The lowest BCUT2D eigenvalue weighted by Gasteiger charge is -2.32. The molecular formula is C18H24N2O5. The van der Waals surface area contributed by atoms with Gasteiger partial charge in [0.15, 0.2) is 0 Å². The van der Waals surface area contributed by atoms with Gasteiger partial charge in [-0.3, -0.25) is 9.69 Å². The summed E-state index contributed by atoms with van der Waals surface area (Å²) in [6, 6.07) is 6.15. The first-order valence-electron chi connectivity index (χ1n) is 8.71. The third kappa shape index (κ3) is 4.93. The van der Waals surface area contributed by atoms with Crippen molar-refractivity contribution in [1.82, 2.24) is 10.2 Å². The van der Waals surface area contributed by atoms with Gasteiger partial charge in [-0.05, 0) is 56.6 Å². The summed E-state index contributed by atoms with van der Waals surface area (Å²) in [7, 11) is 0. The molecule has 1 amide bonds. The van der Waals surface area contributed by atoms with Gasteiger partial charge in [0.1, 0.15) is 11.9 Å². The van der Waals surface area contributed by atoms with Gasteiger partial charge < -0.3 is 19.9 Å². The molecule has 7 heteroatoms. The second-order valence-electron chi connectivity index (χ2n) is 6.51. The fourth-order valence-corrected chi connectivity index (χ4v) is 3.24.